The van der Waals surface area contributed by atoms with E-state index in [2.05, 4.69) is 4.98 Å². The van der Waals surface area contributed by atoms with Crippen LogP contribution < -0.4 is 0 Å². The van der Waals surface area contributed by atoms with Crippen molar-refractivity contribution in [1.82, 2.24) is 4.98 Å². The van der Waals surface area contributed by atoms with Crippen molar-refractivity contribution in [1.29, 1.82) is 0 Å². The summed E-state index contributed by atoms with van der Waals surface area (Å²) in [5, 5.41) is 0.705. The van der Waals surface area contributed by atoms with Crippen LogP contribution in [0.4, 0.5) is 0 Å². The third kappa shape index (κ3) is 0.617. The molecule has 0 atom stereocenters. The number of aromatic amines is 1. The van der Waals surface area contributed by atoms with Crippen molar-refractivity contribution in [2.24, 2.45) is 0 Å². The maximum absolute atomic E-state index is 7.50. The van der Waals surface area contributed by atoms with Crippen LogP contribution in [-0.4, -0.2) is 4.98 Å². The van der Waals surface area contributed by atoms with E-state index >= 15 is 0 Å². The van der Waals surface area contributed by atoms with E-state index in [-0.39, 0.29) is 12.1 Å². The van der Waals surface area contributed by atoms with Crippen LogP contribution in [0, 0.1) is 0 Å². The van der Waals surface area contributed by atoms with Gasteiger partial charge in [0.2, 0.25) is 0 Å². The Kier molecular flexibility index (Phi) is 0.462. The highest BCUT2D eigenvalue weighted by molar-refractivity contribution is 5.78. The Balaban J connectivity index is 2.97. The highest BCUT2D eigenvalue weighted by Crippen LogP contribution is 2.09. The molecule has 0 saturated heterocycles. The molecule has 1 nitrogen and oxygen atoms in total. The van der Waals surface area contributed by atoms with E-state index in [9.17, 15) is 0 Å². The number of para-hydroxylation sites is 1. The molecule has 0 saturated carbocycles. The van der Waals surface area contributed by atoms with Gasteiger partial charge in [-0.25, -0.2) is 0 Å². The molecule has 1 aromatic heterocycles. The van der Waals surface area contributed by atoms with Gasteiger partial charge in [0, 0.05) is 11.7 Å². The summed E-state index contributed by atoms with van der Waals surface area (Å²) in [4.78, 5) is 2.84. The first-order valence-electron chi connectivity index (χ1n) is 4.24. The Hall–Kier alpha value is -1.24. The monoisotopic (exact) mass is 120 g/mol. The van der Waals surface area contributed by atoms with Crippen LogP contribution >= 0.6 is 0 Å². The second kappa shape index (κ2) is 1.62. The molecule has 0 spiro atoms. The van der Waals surface area contributed by atoms with Gasteiger partial charge in [0.05, 0.1) is 4.11 Å². The second-order valence-corrected chi connectivity index (χ2v) is 1.82. The summed E-state index contributed by atoms with van der Waals surface area (Å²) in [6, 6.07) is 3.68. The Morgan fingerprint density at radius 1 is 1.44 bits per heavy atom. The van der Waals surface area contributed by atoms with Gasteiger partial charge in [0.1, 0.15) is 0 Å². The smallest absolute Gasteiger partial charge is 0.0645 e. The third-order valence-electron chi connectivity index (χ3n) is 1.24. The Morgan fingerprint density at radius 3 is 3.44 bits per heavy atom. The molecule has 1 heteroatoms. The van der Waals surface area contributed by atoms with Crippen molar-refractivity contribution in [3.63, 3.8) is 0 Å². The fourth-order valence-corrected chi connectivity index (χ4v) is 0.815. The van der Waals surface area contributed by atoms with E-state index in [1.165, 1.54) is 6.07 Å². The summed E-state index contributed by atoms with van der Waals surface area (Å²) in [5.41, 5.74) is 0.576. The predicted molar refractivity (Wildman–Crippen MR) is 38.3 cm³/mol. The second-order valence-electron chi connectivity index (χ2n) is 1.82. The first-order chi connectivity index (χ1) is 5.70. The van der Waals surface area contributed by atoms with Crippen LogP contribution in [0.25, 0.3) is 10.9 Å². The van der Waals surface area contributed by atoms with Gasteiger partial charge in [-0.2, -0.15) is 0 Å². The van der Waals surface area contributed by atoms with Gasteiger partial charge in [-0.1, -0.05) is 18.2 Å². The number of fused-ring (bicyclic) bond motifs is 1. The summed E-state index contributed by atoms with van der Waals surface area (Å²) in [7, 11) is 0. The number of hydrogen-bond acceptors (Lipinski definition) is 0. The molecule has 2 rings (SSSR count). The first kappa shape index (κ1) is 2.56. The molecule has 1 N–H and O–H groups in total. The number of benzene rings is 1. The van der Waals surface area contributed by atoms with Gasteiger partial charge >= 0.3 is 0 Å². The lowest BCUT2D eigenvalue weighted by Gasteiger charge is -1.83. The summed E-state index contributed by atoms with van der Waals surface area (Å²) < 4.78 is 22.3. The largest absolute Gasteiger partial charge is 0.361 e. The molecule has 2 aromatic rings. The molecule has 0 bridgehead atoms. The summed E-state index contributed by atoms with van der Waals surface area (Å²) in [6.45, 7) is 0. The highest BCUT2D eigenvalue weighted by atomic mass is 14.6. The predicted octanol–water partition coefficient (Wildman–Crippen LogP) is 2.17. The fraction of sp³-hybridized carbons (Fsp3) is 0. The summed E-state index contributed by atoms with van der Waals surface area (Å²) in [6.07, 6.45) is 1.68. The van der Waals surface area contributed by atoms with Gasteiger partial charge < -0.3 is 4.98 Å². The van der Waals surface area contributed by atoms with E-state index < -0.39 is 0 Å². The first-order valence-corrected chi connectivity index (χ1v) is 2.74. The van der Waals surface area contributed by atoms with Gasteiger partial charge in [0.25, 0.3) is 0 Å². The lowest BCUT2D eigenvalue weighted by molar-refractivity contribution is 1.48. The van der Waals surface area contributed by atoms with Crippen molar-refractivity contribution < 1.29 is 4.11 Å². The minimum absolute atomic E-state index is 0.0925. The lowest BCUT2D eigenvalue weighted by atomic mass is 10.3. The molecule has 0 fully saturated rings. The molecule has 9 heavy (non-hydrogen) atoms. The average Bonchev–Trinajstić information content (AvgIpc) is 2.48. The van der Waals surface area contributed by atoms with Crippen molar-refractivity contribution >= 4 is 10.9 Å². The van der Waals surface area contributed by atoms with Crippen molar-refractivity contribution in [3.05, 3.63) is 36.5 Å². The minimum atomic E-state index is 0.0925. The molecule has 0 aliphatic rings. The number of nitrogens with one attached hydrogen (secondary N) is 1. The maximum atomic E-state index is 7.50. The normalized spacial score (nSPS) is 14.9. The number of H-pyrrole nitrogens is 1. The molecule has 0 radical (unpaired) electrons. The molecule has 1 aromatic carbocycles. The van der Waals surface area contributed by atoms with Crippen LogP contribution in [0.2, 0.25) is 0 Å². The van der Waals surface area contributed by atoms with E-state index in [4.69, 9.17) is 4.11 Å². The molecular weight excluding hydrogens is 110 g/mol. The fourth-order valence-electron chi connectivity index (χ4n) is 0.815. The highest BCUT2D eigenvalue weighted by Gasteiger charge is 1.86. The maximum Gasteiger partial charge on any atom is 0.0645 e. The number of hydrogen-bond donors (Lipinski definition) is 1. The zero-order valence-corrected chi connectivity index (χ0v) is 4.73. The molecule has 1 heterocycles. The third-order valence-corrected chi connectivity index (χ3v) is 1.24. The molecular formula is C8H7N. The lowest BCUT2D eigenvalue weighted by Crippen LogP contribution is -1.61. The summed E-state index contributed by atoms with van der Waals surface area (Å²) >= 11 is 0. The van der Waals surface area contributed by atoms with Crippen LogP contribution in [0.5, 0.6) is 0 Å². The zero-order chi connectivity index (χ0) is 8.72. The van der Waals surface area contributed by atoms with Crippen LogP contribution in [0.3, 0.4) is 0 Å². The van der Waals surface area contributed by atoms with Gasteiger partial charge in [0.15, 0.2) is 0 Å². The van der Waals surface area contributed by atoms with Crippen LogP contribution in [0.15, 0.2) is 36.5 Å². The average molecular weight is 120 g/mol. The number of aromatic nitrogens is 1. The van der Waals surface area contributed by atoms with Gasteiger partial charge in [-0.15, -0.1) is 0 Å². The van der Waals surface area contributed by atoms with E-state index in [0.717, 1.165) is 0 Å². The SMILES string of the molecule is [2H]c1cc([2H])c2cc[nH]c2c1[2H]. The molecule has 0 amide bonds. The summed E-state index contributed by atoms with van der Waals surface area (Å²) in [5.74, 6) is 0. The molecule has 44 valence electrons. The zero-order valence-electron chi connectivity index (χ0n) is 7.73. The van der Waals surface area contributed by atoms with E-state index in [0.29, 0.717) is 16.9 Å². The molecule has 0 aliphatic heterocycles. The quantitative estimate of drug-likeness (QED) is 0.548. The van der Waals surface area contributed by atoms with Crippen molar-refractivity contribution in [2.75, 3.05) is 0 Å². The van der Waals surface area contributed by atoms with E-state index in [1.807, 2.05) is 0 Å². The Bertz CT molecular complexity index is 433. The van der Waals surface area contributed by atoms with Gasteiger partial charge in [-0.05, 0) is 17.5 Å². The Morgan fingerprint density at radius 2 is 2.44 bits per heavy atom. The van der Waals surface area contributed by atoms with Crippen LogP contribution in [0.1, 0.15) is 4.11 Å². The van der Waals surface area contributed by atoms with Crippen molar-refractivity contribution in [3.8, 4) is 0 Å². The van der Waals surface area contributed by atoms with Crippen LogP contribution in [-0.2, 0) is 0 Å². The van der Waals surface area contributed by atoms with Gasteiger partial charge in [-0.3, -0.25) is 0 Å². The van der Waals surface area contributed by atoms with Crippen molar-refractivity contribution in [2.45, 2.75) is 0 Å². The minimum Gasteiger partial charge on any atom is -0.361 e. The van der Waals surface area contributed by atoms with E-state index in [1.54, 1.807) is 12.3 Å². The number of rotatable bonds is 0. The molecule has 0 unspecified atom stereocenters. The molecule has 0 aliphatic carbocycles. The standard InChI is InChI=1S/C8H7N/c1-2-4-8-7(3-1)5-6-9-8/h1-6,9H/i2D,3D,4D. The Labute approximate surface area is 57.5 Å². The topological polar surface area (TPSA) is 15.8 Å².